The second kappa shape index (κ2) is 8.84. The minimum absolute atomic E-state index is 0.794. The average Bonchev–Trinajstić information content (AvgIpc) is 2.62. The standard InChI is InChI=1S/C20H33N3O/c1-21-10-5-8-19(17-21)23-14-12-22(13-15-23)11-4-7-18-6-3-9-20(16-18)24-2/h3,6,9,16,19H,4-5,7-8,10-15,17H2,1-2H3/t19-/m1/s1. The maximum absolute atomic E-state index is 5.31. The Balaban J connectivity index is 1.36. The van der Waals surface area contributed by atoms with Crippen LogP contribution in [0.4, 0.5) is 0 Å². The summed E-state index contributed by atoms with van der Waals surface area (Å²) in [5, 5.41) is 0. The van der Waals surface area contributed by atoms with Gasteiger partial charge in [-0.3, -0.25) is 4.90 Å². The van der Waals surface area contributed by atoms with E-state index >= 15 is 0 Å². The van der Waals surface area contributed by atoms with Gasteiger partial charge in [-0.1, -0.05) is 12.1 Å². The Labute approximate surface area is 147 Å². The number of piperazine rings is 1. The molecule has 0 bridgehead atoms. The van der Waals surface area contributed by atoms with E-state index in [-0.39, 0.29) is 0 Å². The van der Waals surface area contributed by atoms with Crippen LogP contribution < -0.4 is 4.74 Å². The fraction of sp³-hybridized carbons (Fsp3) is 0.700. The highest BCUT2D eigenvalue weighted by molar-refractivity contribution is 5.28. The number of nitrogens with zero attached hydrogens (tertiary/aromatic N) is 3. The zero-order chi connectivity index (χ0) is 16.8. The molecular formula is C20H33N3O. The van der Waals surface area contributed by atoms with Crippen molar-refractivity contribution < 1.29 is 4.74 Å². The van der Waals surface area contributed by atoms with Gasteiger partial charge in [0, 0.05) is 38.8 Å². The Bertz CT molecular complexity index is 499. The Hall–Kier alpha value is -1.10. The van der Waals surface area contributed by atoms with E-state index in [1.54, 1.807) is 7.11 Å². The van der Waals surface area contributed by atoms with Gasteiger partial charge in [-0.2, -0.15) is 0 Å². The van der Waals surface area contributed by atoms with E-state index in [1.807, 2.05) is 6.07 Å². The molecule has 0 unspecified atom stereocenters. The van der Waals surface area contributed by atoms with Crippen LogP contribution in [0.3, 0.4) is 0 Å². The number of hydrogen-bond acceptors (Lipinski definition) is 4. The van der Waals surface area contributed by atoms with Crippen molar-refractivity contribution in [3.63, 3.8) is 0 Å². The summed E-state index contributed by atoms with van der Waals surface area (Å²) in [6.45, 7) is 8.72. The zero-order valence-electron chi connectivity index (χ0n) is 15.4. The molecule has 2 heterocycles. The van der Waals surface area contributed by atoms with E-state index in [0.29, 0.717) is 0 Å². The van der Waals surface area contributed by atoms with Crippen LogP contribution in [0.2, 0.25) is 0 Å². The van der Waals surface area contributed by atoms with Crippen molar-refractivity contribution in [1.82, 2.24) is 14.7 Å². The van der Waals surface area contributed by atoms with E-state index in [1.165, 1.54) is 70.6 Å². The molecule has 0 N–H and O–H groups in total. The molecule has 4 heteroatoms. The van der Waals surface area contributed by atoms with Crippen molar-refractivity contribution in [2.45, 2.75) is 31.7 Å². The Morgan fingerprint density at radius 2 is 1.96 bits per heavy atom. The van der Waals surface area contributed by atoms with Crippen molar-refractivity contribution in [1.29, 1.82) is 0 Å². The number of aryl methyl sites for hydroxylation is 1. The first kappa shape index (κ1) is 17.7. The first-order valence-electron chi connectivity index (χ1n) is 9.52. The van der Waals surface area contributed by atoms with Gasteiger partial charge in [0.15, 0.2) is 0 Å². The quantitative estimate of drug-likeness (QED) is 0.796. The summed E-state index contributed by atoms with van der Waals surface area (Å²) in [7, 11) is 4.00. The van der Waals surface area contributed by atoms with Gasteiger partial charge in [-0.05, 0) is 63.5 Å². The van der Waals surface area contributed by atoms with E-state index in [9.17, 15) is 0 Å². The van der Waals surface area contributed by atoms with E-state index in [2.05, 4.69) is 39.9 Å². The fourth-order valence-corrected chi connectivity index (χ4v) is 4.12. The molecule has 0 aliphatic carbocycles. The van der Waals surface area contributed by atoms with Gasteiger partial charge in [0.05, 0.1) is 7.11 Å². The highest BCUT2D eigenvalue weighted by Crippen LogP contribution is 2.17. The Morgan fingerprint density at radius 3 is 2.71 bits per heavy atom. The lowest BCUT2D eigenvalue weighted by Gasteiger charge is -2.42. The average molecular weight is 332 g/mol. The van der Waals surface area contributed by atoms with Crippen LogP contribution in [0.25, 0.3) is 0 Å². The van der Waals surface area contributed by atoms with E-state index < -0.39 is 0 Å². The molecule has 24 heavy (non-hydrogen) atoms. The molecule has 0 aromatic heterocycles. The first-order valence-corrected chi connectivity index (χ1v) is 9.52. The third-order valence-electron chi connectivity index (χ3n) is 5.60. The van der Waals surface area contributed by atoms with Gasteiger partial charge in [0.25, 0.3) is 0 Å². The zero-order valence-corrected chi connectivity index (χ0v) is 15.4. The van der Waals surface area contributed by atoms with Gasteiger partial charge < -0.3 is 14.5 Å². The summed E-state index contributed by atoms with van der Waals surface area (Å²) in [5.41, 5.74) is 1.39. The largest absolute Gasteiger partial charge is 0.497 e. The number of ether oxygens (including phenoxy) is 1. The predicted octanol–water partition coefficient (Wildman–Crippen LogP) is 2.34. The maximum Gasteiger partial charge on any atom is 0.119 e. The molecule has 0 saturated carbocycles. The molecule has 0 spiro atoms. The molecule has 2 saturated heterocycles. The number of likely N-dealkylation sites (tertiary alicyclic amines) is 1. The van der Waals surface area contributed by atoms with Crippen molar-refractivity contribution in [3.8, 4) is 5.75 Å². The van der Waals surface area contributed by atoms with Crippen LogP contribution in [0.15, 0.2) is 24.3 Å². The number of benzene rings is 1. The summed E-state index contributed by atoms with van der Waals surface area (Å²) in [4.78, 5) is 7.87. The van der Waals surface area contributed by atoms with E-state index in [4.69, 9.17) is 4.74 Å². The van der Waals surface area contributed by atoms with Crippen LogP contribution in [0.5, 0.6) is 5.75 Å². The smallest absolute Gasteiger partial charge is 0.119 e. The summed E-state index contributed by atoms with van der Waals surface area (Å²) >= 11 is 0. The molecule has 2 aliphatic rings. The minimum atomic E-state index is 0.794. The molecule has 1 atom stereocenters. The normalized spacial score (nSPS) is 24.2. The monoisotopic (exact) mass is 331 g/mol. The number of hydrogen-bond donors (Lipinski definition) is 0. The third kappa shape index (κ3) is 4.95. The van der Waals surface area contributed by atoms with Crippen molar-refractivity contribution >= 4 is 0 Å². The Morgan fingerprint density at radius 1 is 1.12 bits per heavy atom. The molecule has 0 amide bonds. The second-order valence-corrected chi connectivity index (χ2v) is 7.39. The highest BCUT2D eigenvalue weighted by atomic mass is 16.5. The number of likely N-dealkylation sites (N-methyl/N-ethyl adjacent to an activating group) is 1. The second-order valence-electron chi connectivity index (χ2n) is 7.39. The molecule has 1 aromatic carbocycles. The first-order chi connectivity index (χ1) is 11.7. The molecular weight excluding hydrogens is 298 g/mol. The topological polar surface area (TPSA) is 19.0 Å². The molecule has 1 aromatic rings. The van der Waals surface area contributed by atoms with Gasteiger partial charge in [0.2, 0.25) is 0 Å². The Kier molecular flexibility index (Phi) is 6.52. The number of rotatable bonds is 6. The lowest BCUT2D eigenvalue weighted by Crippen LogP contribution is -2.54. The predicted molar refractivity (Wildman–Crippen MR) is 99.8 cm³/mol. The van der Waals surface area contributed by atoms with Gasteiger partial charge in [-0.15, -0.1) is 0 Å². The number of methoxy groups -OCH3 is 1. The summed E-state index contributed by atoms with van der Waals surface area (Å²) in [6.07, 6.45) is 5.13. The molecule has 0 radical (unpaired) electrons. The van der Waals surface area contributed by atoms with Crippen molar-refractivity contribution in [3.05, 3.63) is 29.8 Å². The fourth-order valence-electron chi connectivity index (χ4n) is 4.12. The van der Waals surface area contributed by atoms with Crippen LogP contribution in [0.1, 0.15) is 24.8 Å². The number of piperidine rings is 1. The summed E-state index contributed by atoms with van der Waals surface area (Å²) in [5.74, 6) is 0.971. The van der Waals surface area contributed by atoms with Crippen molar-refractivity contribution in [2.75, 3.05) is 60.0 Å². The lowest BCUT2D eigenvalue weighted by molar-refractivity contribution is 0.0592. The highest BCUT2D eigenvalue weighted by Gasteiger charge is 2.26. The van der Waals surface area contributed by atoms with Crippen LogP contribution >= 0.6 is 0 Å². The van der Waals surface area contributed by atoms with Crippen LogP contribution in [-0.4, -0.2) is 80.7 Å². The SMILES string of the molecule is COc1cccc(CCCN2CCN([C@@H]3CCCN(C)C3)CC2)c1. The molecule has 4 nitrogen and oxygen atoms in total. The van der Waals surface area contributed by atoms with Gasteiger partial charge >= 0.3 is 0 Å². The van der Waals surface area contributed by atoms with Crippen LogP contribution in [0, 0.1) is 0 Å². The molecule has 3 rings (SSSR count). The van der Waals surface area contributed by atoms with Gasteiger partial charge in [-0.25, -0.2) is 0 Å². The van der Waals surface area contributed by atoms with Gasteiger partial charge in [0.1, 0.15) is 5.75 Å². The lowest BCUT2D eigenvalue weighted by atomic mass is 10.0. The van der Waals surface area contributed by atoms with E-state index in [0.717, 1.165) is 18.2 Å². The molecule has 2 fully saturated rings. The third-order valence-corrected chi connectivity index (χ3v) is 5.60. The summed E-state index contributed by atoms with van der Waals surface area (Å²) in [6, 6.07) is 9.28. The van der Waals surface area contributed by atoms with Crippen LogP contribution in [-0.2, 0) is 6.42 Å². The summed E-state index contributed by atoms with van der Waals surface area (Å²) < 4.78 is 5.31. The molecule has 134 valence electrons. The molecule has 2 aliphatic heterocycles. The van der Waals surface area contributed by atoms with Crippen molar-refractivity contribution in [2.24, 2.45) is 0 Å². The minimum Gasteiger partial charge on any atom is -0.497 e. The maximum atomic E-state index is 5.31.